The standard InChI is InChI=1S/C9H10BFN2O/c10-7-5-8(9(11)12-6-7)13-1-3-14-4-2-13/h5-6H,1-4H2. The van der Waals surface area contributed by atoms with Crippen molar-refractivity contribution in [3.8, 4) is 0 Å². The Morgan fingerprint density at radius 2 is 2.14 bits per heavy atom. The Morgan fingerprint density at radius 1 is 1.43 bits per heavy atom. The fourth-order valence-corrected chi connectivity index (χ4v) is 1.48. The maximum Gasteiger partial charge on any atom is 0.236 e. The molecule has 1 aliphatic rings. The van der Waals surface area contributed by atoms with Crippen molar-refractivity contribution in [2.45, 2.75) is 0 Å². The van der Waals surface area contributed by atoms with Crippen LogP contribution in [0.4, 0.5) is 10.1 Å². The largest absolute Gasteiger partial charge is 0.378 e. The van der Waals surface area contributed by atoms with E-state index in [0.29, 0.717) is 37.5 Å². The second-order valence-corrected chi connectivity index (χ2v) is 3.18. The third-order valence-electron chi connectivity index (χ3n) is 2.19. The van der Waals surface area contributed by atoms with Crippen molar-refractivity contribution in [2.75, 3.05) is 31.2 Å². The molecule has 1 aromatic heterocycles. The van der Waals surface area contributed by atoms with Crippen molar-refractivity contribution in [3.63, 3.8) is 0 Å². The highest BCUT2D eigenvalue weighted by molar-refractivity contribution is 6.32. The third-order valence-corrected chi connectivity index (χ3v) is 2.19. The van der Waals surface area contributed by atoms with Gasteiger partial charge in [-0.15, -0.1) is 0 Å². The number of ether oxygens (including phenoxy) is 1. The van der Waals surface area contributed by atoms with Gasteiger partial charge in [-0.3, -0.25) is 0 Å². The lowest BCUT2D eigenvalue weighted by atomic mass is 9.98. The first kappa shape index (κ1) is 9.46. The molecule has 1 aliphatic heterocycles. The smallest absolute Gasteiger partial charge is 0.236 e. The first-order valence-corrected chi connectivity index (χ1v) is 4.51. The number of hydrogen-bond donors (Lipinski definition) is 0. The summed E-state index contributed by atoms with van der Waals surface area (Å²) < 4.78 is 18.5. The molecule has 0 bridgehead atoms. The van der Waals surface area contributed by atoms with Crippen molar-refractivity contribution in [1.82, 2.24) is 4.98 Å². The van der Waals surface area contributed by atoms with Gasteiger partial charge in [0, 0.05) is 19.3 Å². The van der Waals surface area contributed by atoms with Crippen LogP contribution in [-0.2, 0) is 4.74 Å². The van der Waals surface area contributed by atoms with Crippen LogP contribution in [0.5, 0.6) is 0 Å². The molecule has 2 rings (SSSR count). The molecule has 14 heavy (non-hydrogen) atoms. The van der Waals surface area contributed by atoms with E-state index in [-0.39, 0.29) is 0 Å². The summed E-state index contributed by atoms with van der Waals surface area (Å²) in [6.07, 6.45) is 1.32. The van der Waals surface area contributed by atoms with Crippen molar-refractivity contribution in [1.29, 1.82) is 0 Å². The lowest BCUT2D eigenvalue weighted by molar-refractivity contribution is 0.122. The average Bonchev–Trinajstić information content (AvgIpc) is 2.23. The summed E-state index contributed by atoms with van der Waals surface area (Å²) in [4.78, 5) is 5.47. The highest BCUT2D eigenvalue weighted by Crippen LogP contribution is 2.16. The zero-order valence-electron chi connectivity index (χ0n) is 7.74. The molecule has 1 aromatic rings. The van der Waals surface area contributed by atoms with Gasteiger partial charge in [0.25, 0.3) is 0 Å². The van der Waals surface area contributed by atoms with Crippen LogP contribution in [0.15, 0.2) is 12.3 Å². The Labute approximate surface area is 83.3 Å². The SMILES string of the molecule is [B]c1cnc(F)c(N2CCOCC2)c1. The van der Waals surface area contributed by atoms with E-state index in [1.165, 1.54) is 6.20 Å². The minimum absolute atomic E-state index is 0.466. The molecule has 5 heteroatoms. The highest BCUT2D eigenvalue weighted by atomic mass is 19.1. The molecule has 0 amide bonds. The van der Waals surface area contributed by atoms with Gasteiger partial charge in [-0.1, -0.05) is 5.46 Å². The van der Waals surface area contributed by atoms with E-state index < -0.39 is 5.95 Å². The van der Waals surface area contributed by atoms with Gasteiger partial charge in [-0.05, 0) is 6.07 Å². The van der Waals surface area contributed by atoms with E-state index in [1.807, 2.05) is 4.90 Å². The van der Waals surface area contributed by atoms with Gasteiger partial charge in [-0.25, -0.2) is 4.98 Å². The molecule has 0 atom stereocenters. The van der Waals surface area contributed by atoms with Gasteiger partial charge in [0.2, 0.25) is 5.95 Å². The molecular weight excluding hydrogens is 182 g/mol. The van der Waals surface area contributed by atoms with Gasteiger partial charge in [-0.2, -0.15) is 4.39 Å². The van der Waals surface area contributed by atoms with Crippen molar-refractivity contribution < 1.29 is 9.13 Å². The lowest BCUT2D eigenvalue weighted by Crippen LogP contribution is -2.37. The Hall–Kier alpha value is -1.10. The second-order valence-electron chi connectivity index (χ2n) is 3.18. The number of nitrogens with zero attached hydrogens (tertiary/aromatic N) is 2. The normalized spacial score (nSPS) is 17.1. The van der Waals surface area contributed by atoms with Gasteiger partial charge in [0.15, 0.2) is 0 Å². The minimum Gasteiger partial charge on any atom is -0.378 e. The monoisotopic (exact) mass is 192 g/mol. The summed E-state index contributed by atoms with van der Waals surface area (Å²) in [7, 11) is 5.55. The van der Waals surface area contributed by atoms with Crippen LogP contribution in [0, 0.1) is 5.95 Å². The molecule has 0 aliphatic carbocycles. The predicted molar refractivity (Wildman–Crippen MR) is 52.6 cm³/mol. The molecule has 0 unspecified atom stereocenters. The Bertz CT molecular complexity index is 329. The number of pyridine rings is 1. The average molecular weight is 192 g/mol. The van der Waals surface area contributed by atoms with Crippen molar-refractivity contribution in [3.05, 3.63) is 18.2 Å². The predicted octanol–water partition coefficient (Wildman–Crippen LogP) is -0.149. The zero-order valence-corrected chi connectivity index (χ0v) is 7.74. The summed E-state index contributed by atoms with van der Waals surface area (Å²) >= 11 is 0. The lowest BCUT2D eigenvalue weighted by Gasteiger charge is -2.28. The van der Waals surface area contributed by atoms with Gasteiger partial charge >= 0.3 is 0 Å². The summed E-state index contributed by atoms with van der Waals surface area (Å²) in [5.74, 6) is -0.471. The van der Waals surface area contributed by atoms with Gasteiger partial charge in [0.05, 0.1) is 18.9 Å². The van der Waals surface area contributed by atoms with Crippen LogP contribution in [0.25, 0.3) is 0 Å². The molecule has 0 spiro atoms. The quantitative estimate of drug-likeness (QED) is 0.457. The molecule has 1 saturated heterocycles. The van der Waals surface area contributed by atoms with Crippen LogP contribution < -0.4 is 10.4 Å². The minimum atomic E-state index is -0.471. The van der Waals surface area contributed by atoms with Crippen LogP contribution in [-0.4, -0.2) is 39.1 Å². The third kappa shape index (κ3) is 1.87. The van der Waals surface area contributed by atoms with Crippen molar-refractivity contribution >= 4 is 19.0 Å². The summed E-state index contributed by atoms with van der Waals surface area (Å²) in [6.45, 7) is 2.60. The van der Waals surface area contributed by atoms with Crippen LogP contribution >= 0.6 is 0 Å². The fourth-order valence-electron chi connectivity index (χ4n) is 1.48. The van der Waals surface area contributed by atoms with Gasteiger partial charge < -0.3 is 9.64 Å². The molecule has 1 fully saturated rings. The number of hydrogen-bond acceptors (Lipinski definition) is 3. The van der Waals surface area contributed by atoms with Gasteiger partial charge in [0.1, 0.15) is 7.85 Å². The van der Waals surface area contributed by atoms with Crippen LogP contribution in [0.2, 0.25) is 0 Å². The number of halogens is 1. The highest BCUT2D eigenvalue weighted by Gasteiger charge is 2.15. The number of anilines is 1. The Morgan fingerprint density at radius 3 is 2.86 bits per heavy atom. The number of rotatable bonds is 1. The summed E-state index contributed by atoms with van der Waals surface area (Å²) in [6, 6.07) is 1.60. The zero-order chi connectivity index (χ0) is 9.97. The molecule has 0 saturated carbocycles. The van der Waals surface area contributed by atoms with E-state index in [4.69, 9.17) is 12.6 Å². The first-order chi connectivity index (χ1) is 6.77. The van der Waals surface area contributed by atoms with Crippen molar-refractivity contribution in [2.24, 2.45) is 0 Å². The summed E-state index contributed by atoms with van der Waals surface area (Å²) in [5, 5.41) is 0. The number of morpholine rings is 1. The van der Waals surface area contributed by atoms with E-state index in [9.17, 15) is 4.39 Å². The number of aromatic nitrogens is 1. The van der Waals surface area contributed by atoms with E-state index >= 15 is 0 Å². The topological polar surface area (TPSA) is 25.4 Å². The maximum atomic E-state index is 13.3. The van der Waals surface area contributed by atoms with Crippen LogP contribution in [0.1, 0.15) is 0 Å². The van der Waals surface area contributed by atoms with E-state index in [0.717, 1.165) is 0 Å². The molecule has 72 valence electrons. The van der Waals surface area contributed by atoms with E-state index in [2.05, 4.69) is 4.98 Å². The Balaban J connectivity index is 2.24. The summed E-state index contributed by atoms with van der Waals surface area (Å²) in [5.41, 5.74) is 0.946. The Kier molecular flexibility index (Phi) is 2.68. The molecule has 2 heterocycles. The molecule has 2 radical (unpaired) electrons. The molecule has 0 N–H and O–H groups in total. The molecular formula is C9H10BFN2O. The van der Waals surface area contributed by atoms with E-state index in [1.54, 1.807) is 6.07 Å². The first-order valence-electron chi connectivity index (χ1n) is 4.51. The fraction of sp³-hybridized carbons (Fsp3) is 0.444. The van der Waals surface area contributed by atoms with Crippen LogP contribution in [0.3, 0.4) is 0 Å². The second kappa shape index (κ2) is 3.96. The maximum absolute atomic E-state index is 13.3. The molecule has 3 nitrogen and oxygen atoms in total. The molecule has 0 aromatic carbocycles.